The number of hydrogen-bond acceptors (Lipinski definition) is 4. The Balaban J connectivity index is 2.25. The van der Waals surface area contributed by atoms with E-state index in [0.29, 0.717) is 25.1 Å². The summed E-state index contributed by atoms with van der Waals surface area (Å²) >= 11 is 0. The van der Waals surface area contributed by atoms with Crippen LogP contribution in [0.25, 0.3) is 0 Å². The second-order valence-corrected chi connectivity index (χ2v) is 7.00. The number of carbonyl (C=O) groups is 2. The number of hydrazone groups is 1. The summed E-state index contributed by atoms with van der Waals surface area (Å²) in [6, 6.07) is 1.76. The Morgan fingerprint density at radius 2 is 2.09 bits per heavy atom. The van der Waals surface area contributed by atoms with E-state index in [1.807, 2.05) is 27.7 Å². The van der Waals surface area contributed by atoms with Gasteiger partial charge in [-0.2, -0.15) is 10.4 Å². The van der Waals surface area contributed by atoms with Crippen molar-refractivity contribution in [3.8, 4) is 6.07 Å². The Kier molecular flexibility index (Phi) is 4.55. The van der Waals surface area contributed by atoms with E-state index in [1.165, 1.54) is 5.01 Å². The maximum absolute atomic E-state index is 12.8. The molecule has 1 atom stereocenters. The van der Waals surface area contributed by atoms with Crippen molar-refractivity contribution in [2.75, 3.05) is 6.54 Å². The Morgan fingerprint density at radius 1 is 1.41 bits per heavy atom. The lowest BCUT2D eigenvalue weighted by Crippen LogP contribution is -2.54. The van der Waals surface area contributed by atoms with Crippen molar-refractivity contribution >= 4 is 17.5 Å². The minimum atomic E-state index is -0.443. The van der Waals surface area contributed by atoms with Gasteiger partial charge >= 0.3 is 0 Å². The first kappa shape index (κ1) is 16.5. The quantitative estimate of drug-likeness (QED) is 0.782. The highest BCUT2D eigenvalue weighted by molar-refractivity contribution is 6.39. The van der Waals surface area contributed by atoms with Gasteiger partial charge in [0.1, 0.15) is 11.8 Å². The normalized spacial score (nSPS) is 25.0. The SMILES string of the molecule is CC(C)N1N=C(C(=O)N2CCCC(C)(C)C2C#N)CCC1=O. The fourth-order valence-electron chi connectivity index (χ4n) is 3.15. The van der Waals surface area contributed by atoms with Crippen molar-refractivity contribution in [3.05, 3.63) is 0 Å². The van der Waals surface area contributed by atoms with Gasteiger partial charge in [-0.15, -0.1) is 0 Å². The molecule has 0 aromatic heterocycles. The lowest BCUT2D eigenvalue weighted by molar-refractivity contribution is -0.134. The standard InChI is InChI=1S/C16H24N4O2/c1-11(2)20-14(21)7-6-12(18-20)15(22)19-9-5-8-16(3,4)13(19)10-17/h11,13H,5-9H2,1-4H3. The van der Waals surface area contributed by atoms with Crippen LogP contribution in [0, 0.1) is 16.7 Å². The maximum Gasteiger partial charge on any atom is 0.271 e. The van der Waals surface area contributed by atoms with Crippen molar-refractivity contribution in [3.63, 3.8) is 0 Å². The molecule has 0 N–H and O–H groups in total. The fourth-order valence-corrected chi connectivity index (χ4v) is 3.15. The van der Waals surface area contributed by atoms with E-state index >= 15 is 0 Å². The van der Waals surface area contributed by atoms with Crippen LogP contribution in [0.5, 0.6) is 0 Å². The molecule has 22 heavy (non-hydrogen) atoms. The van der Waals surface area contributed by atoms with Crippen LogP contribution in [-0.4, -0.2) is 46.1 Å². The van der Waals surface area contributed by atoms with Crippen LogP contribution in [0.1, 0.15) is 53.4 Å². The Morgan fingerprint density at radius 3 is 2.68 bits per heavy atom. The molecule has 0 bridgehead atoms. The first-order valence-corrected chi connectivity index (χ1v) is 7.88. The van der Waals surface area contributed by atoms with Crippen molar-refractivity contribution < 1.29 is 9.59 Å². The number of piperidine rings is 1. The molecule has 6 nitrogen and oxygen atoms in total. The first-order valence-electron chi connectivity index (χ1n) is 7.88. The highest BCUT2D eigenvalue weighted by Crippen LogP contribution is 2.35. The predicted molar refractivity (Wildman–Crippen MR) is 82.8 cm³/mol. The van der Waals surface area contributed by atoms with Crippen molar-refractivity contribution in [2.24, 2.45) is 10.5 Å². The van der Waals surface area contributed by atoms with Gasteiger partial charge < -0.3 is 4.90 Å². The summed E-state index contributed by atoms with van der Waals surface area (Å²) in [5.74, 6) is -0.250. The molecule has 2 aliphatic heterocycles. The fraction of sp³-hybridized carbons (Fsp3) is 0.750. The van der Waals surface area contributed by atoms with Crippen molar-refractivity contribution in [1.82, 2.24) is 9.91 Å². The molecule has 0 aromatic carbocycles. The summed E-state index contributed by atoms with van der Waals surface area (Å²) in [5.41, 5.74) is 0.178. The van der Waals surface area contributed by atoms with E-state index < -0.39 is 6.04 Å². The summed E-state index contributed by atoms with van der Waals surface area (Å²) in [6.07, 6.45) is 2.47. The second-order valence-electron chi connectivity index (χ2n) is 7.00. The van der Waals surface area contributed by atoms with E-state index in [-0.39, 0.29) is 23.3 Å². The topological polar surface area (TPSA) is 76.8 Å². The average Bonchev–Trinajstić information content (AvgIpc) is 2.45. The number of nitriles is 1. The number of likely N-dealkylation sites (tertiary alicyclic amines) is 1. The molecule has 1 saturated heterocycles. The molecule has 0 saturated carbocycles. The zero-order valence-electron chi connectivity index (χ0n) is 13.8. The molecule has 0 radical (unpaired) electrons. The van der Waals surface area contributed by atoms with Gasteiger partial charge in [-0.3, -0.25) is 9.59 Å². The van der Waals surface area contributed by atoms with E-state index in [9.17, 15) is 14.9 Å². The van der Waals surface area contributed by atoms with Crippen molar-refractivity contribution in [1.29, 1.82) is 5.26 Å². The third-order valence-electron chi connectivity index (χ3n) is 4.45. The van der Waals surface area contributed by atoms with Crippen LogP contribution in [0.3, 0.4) is 0 Å². The van der Waals surface area contributed by atoms with E-state index in [2.05, 4.69) is 11.2 Å². The molecule has 0 aromatic rings. The van der Waals surface area contributed by atoms with Crippen LogP contribution in [0.2, 0.25) is 0 Å². The summed E-state index contributed by atoms with van der Waals surface area (Å²) in [4.78, 5) is 26.3. The average molecular weight is 304 g/mol. The summed E-state index contributed by atoms with van der Waals surface area (Å²) in [6.45, 7) is 8.36. The Labute approximate surface area is 131 Å². The highest BCUT2D eigenvalue weighted by atomic mass is 16.2. The molecule has 0 spiro atoms. The maximum atomic E-state index is 12.8. The van der Waals surface area contributed by atoms with Crippen LogP contribution in [0.4, 0.5) is 0 Å². The Bertz CT molecular complexity index is 545. The summed E-state index contributed by atoms with van der Waals surface area (Å²) in [7, 11) is 0. The molecule has 1 fully saturated rings. The van der Waals surface area contributed by atoms with Gasteiger partial charge in [-0.05, 0) is 32.1 Å². The Hall–Kier alpha value is -1.90. The third-order valence-corrected chi connectivity index (χ3v) is 4.45. The number of amides is 2. The zero-order valence-corrected chi connectivity index (χ0v) is 13.8. The third kappa shape index (κ3) is 2.99. The molecule has 120 valence electrons. The molecule has 2 aliphatic rings. The van der Waals surface area contributed by atoms with E-state index in [4.69, 9.17) is 0 Å². The number of hydrogen-bond donors (Lipinski definition) is 0. The van der Waals surface area contributed by atoms with Gasteiger partial charge in [0.25, 0.3) is 5.91 Å². The van der Waals surface area contributed by atoms with Gasteiger partial charge in [-0.25, -0.2) is 5.01 Å². The number of rotatable bonds is 2. The van der Waals surface area contributed by atoms with Gasteiger partial charge in [0, 0.05) is 25.4 Å². The second kappa shape index (κ2) is 6.07. The summed E-state index contributed by atoms with van der Waals surface area (Å²) in [5, 5.41) is 15.1. The number of nitrogens with zero attached hydrogens (tertiary/aromatic N) is 4. The van der Waals surface area contributed by atoms with Gasteiger partial charge in [0.2, 0.25) is 5.91 Å². The molecular formula is C16H24N4O2. The number of carbonyl (C=O) groups excluding carboxylic acids is 2. The first-order chi connectivity index (χ1) is 10.3. The monoisotopic (exact) mass is 304 g/mol. The lowest BCUT2D eigenvalue weighted by atomic mass is 9.77. The van der Waals surface area contributed by atoms with Gasteiger partial charge in [0.05, 0.1) is 6.07 Å². The minimum absolute atomic E-state index is 0.0534. The summed E-state index contributed by atoms with van der Waals surface area (Å²) < 4.78 is 0. The van der Waals surface area contributed by atoms with Crippen LogP contribution >= 0.6 is 0 Å². The minimum Gasteiger partial charge on any atom is -0.321 e. The zero-order chi connectivity index (χ0) is 16.5. The molecule has 2 amide bonds. The van der Waals surface area contributed by atoms with Gasteiger partial charge in [-0.1, -0.05) is 13.8 Å². The largest absolute Gasteiger partial charge is 0.321 e. The molecule has 6 heteroatoms. The smallest absolute Gasteiger partial charge is 0.271 e. The highest BCUT2D eigenvalue weighted by Gasteiger charge is 2.41. The van der Waals surface area contributed by atoms with Gasteiger partial charge in [0.15, 0.2) is 0 Å². The molecule has 1 unspecified atom stereocenters. The molecule has 2 rings (SSSR count). The lowest BCUT2D eigenvalue weighted by Gasteiger charge is -2.43. The van der Waals surface area contributed by atoms with Crippen LogP contribution < -0.4 is 0 Å². The molecule has 0 aliphatic carbocycles. The predicted octanol–water partition coefficient (Wildman–Crippen LogP) is 1.91. The van der Waals surface area contributed by atoms with E-state index in [1.54, 1.807) is 4.90 Å². The van der Waals surface area contributed by atoms with E-state index in [0.717, 1.165) is 12.8 Å². The molecule has 2 heterocycles. The van der Waals surface area contributed by atoms with Crippen LogP contribution in [-0.2, 0) is 9.59 Å². The molecular weight excluding hydrogens is 280 g/mol. The van der Waals surface area contributed by atoms with Crippen LogP contribution in [0.15, 0.2) is 5.10 Å². The van der Waals surface area contributed by atoms with Crippen molar-refractivity contribution in [2.45, 2.75) is 65.5 Å².